The summed E-state index contributed by atoms with van der Waals surface area (Å²) in [4.78, 5) is 2.56. The molecular formula is C10H22N2. The first kappa shape index (κ1) is 10.0. The van der Waals surface area contributed by atoms with Crippen LogP contribution in [0.1, 0.15) is 27.2 Å². The van der Waals surface area contributed by atoms with Gasteiger partial charge >= 0.3 is 0 Å². The predicted molar refractivity (Wildman–Crippen MR) is 53.4 cm³/mol. The predicted octanol–water partition coefficient (Wildman–Crippen LogP) is 1.33. The highest BCUT2D eigenvalue weighted by molar-refractivity contribution is 4.83. The van der Waals surface area contributed by atoms with Crippen molar-refractivity contribution in [2.75, 3.05) is 26.7 Å². The second-order valence-electron chi connectivity index (χ2n) is 4.84. The number of nitrogens with one attached hydrogen (secondary N) is 1. The standard InChI is InChI=1S/C10H22N2/c1-9(11-4)7-12-6-5-10(2,3)8-12/h9,11H,5-8H2,1-4H3/t9-/m0/s1. The molecule has 1 rings (SSSR count). The van der Waals surface area contributed by atoms with Gasteiger partial charge in [0.2, 0.25) is 0 Å². The summed E-state index contributed by atoms with van der Waals surface area (Å²) < 4.78 is 0. The maximum Gasteiger partial charge on any atom is 0.0163 e. The first-order valence-corrected chi connectivity index (χ1v) is 4.93. The van der Waals surface area contributed by atoms with Crippen LogP contribution in [-0.4, -0.2) is 37.6 Å². The Morgan fingerprint density at radius 1 is 1.50 bits per heavy atom. The van der Waals surface area contributed by atoms with Gasteiger partial charge in [0, 0.05) is 19.1 Å². The number of likely N-dealkylation sites (tertiary alicyclic amines) is 1. The van der Waals surface area contributed by atoms with Crippen molar-refractivity contribution in [3.05, 3.63) is 0 Å². The number of hydrogen-bond donors (Lipinski definition) is 1. The molecule has 0 spiro atoms. The molecule has 0 aliphatic carbocycles. The van der Waals surface area contributed by atoms with Crippen molar-refractivity contribution in [2.45, 2.75) is 33.2 Å². The van der Waals surface area contributed by atoms with Crippen LogP contribution in [0.4, 0.5) is 0 Å². The SMILES string of the molecule is CN[C@@H](C)CN1CCC(C)(C)C1. The third-order valence-corrected chi connectivity index (χ3v) is 2.78. The van der Waals surface area contributed by atoms with Gasteiger partial charge in [0.15, 0.2) is 0 Å². The second kappa shape index (κ2) is 3.75. The second-order valence-corrected chi connectivity index (χ2v) is 4.84. The van der Waals surface area contributed by atoms with E-state index in [9.17, 15) is 0 Å². The quantitative estimate of drug-likeness (QED) is 0.687. The number of likely N-dealkylation sites (N-methyl/N-ethyl adjacent to an activating group) is 1. The first-order valence-electron chi connectivity index (χ1n) is 4.93. The third kappa shape index (κ3) is 2.76. The summed E-state index contributed by atoms with van der Waals surface area (Å²) in [5.41, 5.74) is 0.549. The molecule has 1 heterocycles. The summed E-state index contributed by atoms with van der Waals surface area (Å²) in [5.74, 6) is 0. The molecule has 2 nitrogen and oxygen atoms in total. The topological polar surface area (TPSA) is 15.3 Å². The highest BCUT2D eigenvalue weighted by Gasteiger charge is 2.29. The molecule has 2 heteroatoms. The van der Waals surface area contributed by atoms with Gasteiger partial charge in [-0.25, -0.2) is 0 Å². The molecule has 12 heavy (non-hydrogen) atoms. The summed E-state index contributed by atoms with van der Waals surface area (Å²) in [6.07, 6.45) is 1.35. The lowest BCUT2D eigenvalue weighted by atomic mass is 9.93. The molecule has 1 N–H and O–H groups in total. The van der Waals surface area contributed by atoms with Crippen LogP contribution in [0.5, 0.6) is 0 Å². The van der Waals surface area contributed by atoms with Crippen LogP contribution in [0.3, 0.4) is 0 Å². The summed E-state index contributed by atoms with van der Waals surface area (Å²) in [7, 11) is 2.03. The summed E-state index contributed by atoms with van der Waals surface area (Å²) in [6.45, 7) is 10.7. The van der Waals surface area contributed by atoms with Gasteiger partial charge in [-0.1, -0.05) is 13.8 Å². The van der Waals surface area contributed by atoms with E-state index in [0.29, 0.717) is 11.5 Å². The van der Waals surface area contributed by atoms with Gasteiger partial charge in [0.05, 0.1) is 0 Å². The Kier molecular flexibility index (Phi) is 3.13. The Balaban J connectivity index is 2.28. The molecule has 0 radical (unpaired) electrons. The molecule has 0 saturated carbocycles. The van der Waals surface area contributed by atoms with E-state index in [4.69, 9.17) is 0 Å². The Bertz CT molecular complexity index is 143. The molecule has 72 valence electrons. The fourth-order valence-corrected chi connectivity index (χ4v) is 1.86. The van der Waals surface area contributed by atoms with Crippen LogP contribution >= 0.6 is 0 Å². The lowest BCUT2D eigenvalue weighted by Crippen LogP contribution is -2.36. The van der Waals surface area contributed by atoms with Crippen molar-refractivity contribution in [3.8, 4) is 0 Å². The van der Waals surface area contributed by atoms with E-state index in [-0.39, 0.29) is 0 Å². The zero-order valence-electron chi connectivity index (χ0n) is 8.85. The number of rotatable bonds is 3. The van der Waals surface area contributed by atoms with Gasteiger partial charge in [-0.15, -0.1) is 0 Å². The highest BCUT2D eigenvalue weighted by atomic mass is 15.2. The van der Waals surface area contributed by atoms with E-state index in [0.717, 1.165) is 0 Å². The summed E-state index contributed by atoms with van der Waals surface area (Å²) >= 11 is 0. The molecule has 1 aliphatic heterocycles. The average Bonchev–Trinajstić information content (AvgIpc) is 2.30. The average molecular weight is 170 g/mol. The van der Waals surface area contributed by atoms with Crippen LogP contribution in [0.15, 0.2) is 0 Å². The van der Waals surface area contributed by atoms with Crippen molar-refractivity contribution in [1.82, 2.24) is 10.2 Å². The highest BCUT2D eigenvalue weighted by Crippen LogP contribution is 2.28. The van der Waals surface area contributed by atoms with Gasteiger partial charge in [-0.2, -0.15) is 0 Å². The molecule has 1 fully saturated rings. The maximum atomic E-state index is 3.28. The zero-order valence-corrected chi connectivity index (χ0v) is 8.85. The van der Waals surface area contributed by atoms with Crippen molar-refractivity contribution in [3.63, 3.8) is 0 Å². The largest absolute Gasteiger partial charge is 0.316 e. The lowest BCUT2D eigenvalue weighted by Gasteiger charge is -2.22. The zero-order chi connectivity index (χ0) is 9.19. The smallest absolute Gasteiger partial charge is 0.0163 e. The van der Waals surface area contributed by atoms with Crippen LogP contribution in [-0.2, 0) is 0 Å². The van der Waals surface area contributed by atoms with Crippen molar-refractivity contribution in [1.29, 1.82) is 0 Å². The van der Waals surface area contributed by atoms with Crippen LogP contribution < -0.4 is 5.32 Å². The Labute approximate surface area is 76.3 Å². The van der Waals surface area contributed by atoms with Crippen LogP contribution in [0, 0.1) is 5.41 Å². The summed E-state index contributed by atoms with van der Waals surface area (Å²) in [6, 6.07) is 0.624. The van der Waals surface area contributed by atoms with Gasteiger partial charge in [-0.05, 0) is 32.4 Å². The molecule has 1 aliphatic rings. The molecule has 0 aromatic carbocycles. The molecule has 0 unspecified atom stereocenters. The molecule has 0 aromatic rings. The van der Waals surface area contributed by atoms with Crippen molar-refractivity contribution >= 4 is 0 Å². The lowest BCUT2D eigenvalue weighted by molar-refractivity contribution is 0.269. The van der Waals surface area contributed by atoms with Crippen LogP contribution in [0.25, 0.3) is 0 Å². The maximum absolute atomic E-state index is 3.28. The molecule has 1 saturated heterocycles. The van der Waals surface area contributed by atoms with E-state index >= 15 is 0 Å². The summed E-state index contributed by atoms with van der Waals surface area (Å²) in [5, 5.41) is 3.28. The normalized spacial score (nSPS) is 26.0. The van der Waals surface area contributed by atoms with Crippen molar-refractivity contribution in [2.24, 2.45) is 5.41 Å². The minimum atomic E-state index is 0.549. The minimum Gasteiger partial charge on any atom is -0.316 e. The van der Waals surface area contributed by atoms with Crippen molar-refractivity contribution < 1.29 is 0 Å². The van der Waals surface area contributed by atoms with E-state index < -0.39 is 0 Å². The monoisotopic (exact) mass is 170 g/mol. The first-order chi connectivity index (χ1) is 5.53. The van der Waals surface area contributed by atoms with Gasteiger partial charge in [0.25, 0.3) is 0 Å². The molecule has 1 atom stereocenters. The molecule has 0 bridgehead atoms. The third-order valence-electron chi connectivity index (χ3n) is 2.78. The molecule has 0 aromatic heterocycles. The van der Waals surface area contributed by atoms with E-state index in [1.165, 1.54) is 26.1 Å². The minimum absolute atomic E-state index is 0.549. The number of hydrogen-bond acceptors (Lipinski definition) is 2. The Hall–Kier alpha value is -0.0800. The van der Waals surface area contributed by atoms with E-state index in [1.807, 2.05) is 7.05 Å². The Morgan fingerprint density at radius 3 is 2.58 bits per heavy atom. The molecular weight excluding hydrogens is 148 g/mol. The van der Waals surface area contributed by atoms with E-state index in [2.05, 4.69) is 31.0 Å². The molecule has 0 amide bonds. The van der Waals surface area contributed by atoms with Gasteiger partial charge in [0.1, 0.15) is 0 Å². The van der Waals surface area contributed by atoms with E-state index in [1.54, 1.807) is 0 Å². The fraction of sp³-hybridized carbons (Fsp3) is 1.00. The van der Waals surface area contributed by atoms with Gasteiger partial charge < -0.3 is 10.2 Å². The van der Waals surface area contributed by atoms with Gasteiger partial charge in [-0.3, -0.25) is 0 Å². The number of nitrogens with zero attached hydrogens (tertiary/aromatic N) is 1. The fourth-order valence-electron chi connectivity index (χ4n) is 1.86. The Morgan fingerprint density at radius 2 is 2.17 bits per heavy atom. The van der Waals surface area contributed by atoms with Crippen LogP contribution in [0.2, 0.25) is 0 Å².